The molecule has 3 nitrogen and oxygen atoms in total. The summed E-state index contributed by atoms with van der Waals surface area (Å²) in [5.41, 5.74) is 0.438. The summed E-state index contributed by atoms with van der Waals surface area (Å²) >= 11 is 0. The van der Waals surface area contributed by atoms with Crippen LogP contribution in [0.4, 0.5) is 0 Å². The van der Waals surface area contributed by atoms with Crippen molar-refractivity contribution in [2.75, 3.05) is 0 Å². The molecule has 42 valence electrons. The molecule has 1 heterocycles. The molecule has 0 saturated heterocycles. The predicted molar refractivity (Wildman–Crippen MR) is 27.5 cm³/mol. The molecule has 0 aromatic carbocycles. The number of hydrogen-bond donors (Lipinski definition) is 1. The maximum atomic E-state index is 9.92. The van der Waals surface area contributed by atoms with Gasteiger partial charge >= 0.3 is 0 Å². The number of ether oxygens (including phenoxy) is 1. The highest BCUT2D eigenvalue weighted by Gasteiger charge is 1.92. The minimum atomic E-state index is 0.438. The van der Waals surface area contributed by atoms with Crippen molar-refractivity contribution in [1.82, 2.24) is 5.32 Å². The van der Waals surface area contributed by atoms with Gasteiger partial charge in [0.25, 0.3) is 0 Å². The molecule has 0 saturated carbocycles. The normalized spacial score (nSPS) is 15.8. The first-order valence-corrected chi connectivity index (χ1v) is 2.16. The average Bonchev–Trinajstić information content (AvgIpc) is 1.90. The Morgan fingerprint density at radius 3 is 3.00 bits per heavy atom. The van der Waals surface area contributed by atoms with Crippen molar-refractivity contribution in [2.24, 2.45) is 0 Å². The zero-order chi connectivity index (χ0) is 5.82. The molecule has 8 heavy (non-hydrogen) atoms. The molecule has 1 aliphatic rings. The second-order valence-electron chi connectivity index (χ2n) is 1.27. The Kier molecular flexibility index (Phi) is 1.32. The summed E-state index contributed by atoms with van der Waals surface area (Å²) in [5, 5.41) is 2.66. The third kappa shape index (κ3) is 0.872. The van der Waals surface area contributed by atoms with E-state index in [4.69, 9.17) is 0 Å². The number of carbonyl (C=O) groups is 1. The van der Waals surface area contributed by atoms with Gasteiger partial charge in [-0.15, -0.1) is 0 Å². The van der Waals surface area contributed by atoms with E-state index in [1.165, 1.54) is 12.5 Å². The Bertz CT molecular complexity index is 149. The van der Waals surface area contributed by atoms with Gasteiger partial charge in [0.15, 0.2) is 6.29 Å². The monoisotopic (exact) mass is 111 g/mol. The lowest BCUT2D eigenvalue weighted by molar-refractivity contribution is -0.105. The van der Waals surface area contributed by atoms with Gasteiger partial charge in [-0.25, -0.2) is 0 Å². The van der Waals surface area contributed by atoms with Crippen LogP contribution in [0.15, 0.2) is 24.4 Å². The highest BCUT2D eigenvalue weighted by atomic mass is 16.5. The summed E-state index contributed by atoms with van der Waals surface area (Å²) < 4.78 is 4.64. The highest BCUT2D eigenvalue weighted by Crippen LogP contribution is 1.91. The van der Waals surface area contributed by atoms with Gasteiger partial charge in [-0.1, -0.05) is 0 Å². The number of aldehydes is 1. The quantitative estimate of drug-likeness (QED) is 0.488. The van der Waals surface area contributed by atoms with E-state index in [1.807, 2.05) is 0 Å². The molecule has 0 radical (unpaired) electrons. The topological polar surface area (TPSA) is 38.3 Å². The molecular formula is C5H5NO2. The van der Waals surface area contributed by atoms with Gasteiger partial charge in [0.2, 0.25) is 0 Å². The van der Waals surface area contributed by atoms with Gasteiger partial charge in [0.05, 0.1) is 0 Å². The van der Waals surface area contributed by atoms with Crippen LogP contribution < -0.4 is 5.32 Å². The predicted octanol–water partition coefficient (Wildman–Crippen LogP) is 0.118. The highest BCUT2D eigenvalue weighted by molar-refractivity contribution is 5.72. The SMILES string of the molecule is O=CC1=COC=CN1. The van der Waals surface area contributed by atoms with Crippen molar-refractivity contribution in [3.05, 3.63) is 24.4 Å². The molecule has 0 amide bonds. The van der Waals surface area contributed by atoms with Crippen LogP contribution in [0.5, 0.6) is 0 Å². The third-order valence-electron chi connectivity index (χ3n) is 0.719. The van der Waals surface area contributed by atoms with E-state index in [0.717, 1.165) is 0 Å². The summed E-state index contributed by atoms with van der Waals surface area (Å²) in [7, 11) is 0. The molecule has 0 aromatic rings. The molecule has 0 bridgehead atoms. The molecule has 0 aliphatic carbocycles. The van der Waals surface area contributed by atoms with E-state index in [-0.39, 0.29) is 0 Å². The fourth-order valence-corrected chi connectivity index (χ4v) is 0.378. The van der Waals surface area contributed by atoms with Crippen molar-refractivity contribution >= 4 is 6.29 Å². The molecule has 1 aliphatic heterocycles. The summed E-state index contributed by atoms with van der Waals surface area (Å²) in [6, 6.07) is 0. The lowest BCUT2D eigenvalue weighted by Crippen LogP contribution is -2.08. The Hall–Kier alpha value is -1.25. The molecule has 0 fully saturated rings. The molecule has 1 rings (SSSR count). The van der Waals surface area contributed by atoms with Crippen LogP contribution in [0.3, 0.4) is 0 Å². The Morgan fingerprint density at radius 2 is 2.62 bits per heavy atom. The minimum Gasteiger partial charge on any atom is -0.469 e. The third-order valence-corrected chi connectivity index (χ3v) is 0.719. The first-order valence-electron chi connectivity index (χ1n) is 2.16. The van der Waals surface area contributed by atoms with E-state index >= 15 is 0 Å². The molecule has 0 atom stereocenters. The van der Waals surface area contributed by atoms with Gasteiger partial charge in [-0.2, -0.15) is 0 Å². The Balaban J connectivity index is 2.55. The summed E-state index contributed by atoms with van der Waals surface area (Å²) in [5.74, 6) is 0. The van der Waals surface area contributed by atoms with Crippen molar-refractivity contribution in [3.63, 3.8) is 0 Å². The van der Waals surface area contributed by atoms with Gasteiger partial charge in [0.1, 0.15) is 18.2 Å². The first-order chi connectivity index (χ1) is 3.93. The fourth-order valence-electron chi connectivity index (χ4n) is 0.378. The lowest BCUT2D eigenvalue weighted by Gasteiger charge is -2.02. The number of carbonyl (C=O) groups excluding carboxylic acids is 1. The molecular weight excluding hydrogens is 106 g/mol. The van der Waals surface area contributed by atoms with Crippen molar-refractivity contribution in [3.8, 4) is 0 Å². The Labute approximate surface area is 46.6 Å². The average molecular weight is 111 g/mol. The van der Waals surface area contributed by atoms with Gasteiger partial charge < -0.3 is 10.1 Å². The van der Waals surface area contributed by atoms with E-state index in [9.17, 15) is 4.79 Å². The van der Waals surface area contributed by atoms with Crippen LogP contribution in [-0.4, -0.2) is 6.29 Å². The van der Waals surface area contributed by atoms with Crippen LogP contribution in [0.25, 0.3) is 0 Å². The number of rotatable bonds is 1. The second kappa shape index (κ2) is 2.16. The molecule has 0 spiro atoms. The largest absolute Gasteiger partial charge is 0.469 e. The maximum Gasteiger partial charge on any atom is 0.169 e. The number of hydrogen-bond acceptors (Lipinski definition) is 3. The van der Waals surface area contributed by atoms with Crippen molar-refractivity contribution < 1.29 is 9.53 Å². The van der Waals surface area contributed by atoms with Crippen LogP contribution in [-0.2, 0) is 9.53 Å². The zero-order valence-corrected chi connectivity index (χ0v) is 4.13. The summed E-state index contributed by atoms with van der Waals surface area (Å²) in [6.07, 6.45) is 5.02. The summed E-state index contributed by atoms with van der Waals surface area (Å²) in [4.78, 5) is 9.92. The van der Waals surface area contributed by atoms with Gasteiger partial charge in [-0.3, -0.25) is 4.79 Å². The summed E-state index contributed by atoms with van der Waals surface area (Å²) in [6.45, 7) is 0. The molecule has 3 heteroatoms. The maximum absolute atomic E-state index is 9.92. The molecule has 1 N–H and O–H groups in total. The van der Waals surface area contributed by atoms with Gasteiger partial charge in [0, 0.05) is 6.20 Å². The van der Waals surface area contributed by atoms with Crippen molar-refractivity contribution in [2.45, 2.75) is 0 Å². The molecule has 0 unspecified atom stereocenters. The van der Waals surface area contributed by atoms with Crippen LogP contribution in [0.1, 0.15) is 0 Å². The van der Waals surface area contributed by atoms with E-state index in [2.05, 4.69) is 10.1 Å². The molecule has 0 aromatic heterocycles. The first kappa shape index (κ1) is 4.90. The van der Waals surface area contributed by atoms with Crippen LogP contribution >= 0.6 is 0 Å². The number of allylic oxidation sites excluding steroid dienone is 1. The smallest absolute Gasteiger partial charge is 0.169 e. The van der Waals surface area contributed by atoms with E-state index in [0.29, 0.717) is 12.0 Å². The van der Waals surface area contributed by atoms with Crippen LogP contribution in [0.2, 0.25) is 0 Å². The van der Waals surface area contributed by atoms with Crippen LogP contribution in [0, 0.1) is 0 Å². The fraction of sp³-hybridized carbons (Fsp3) is 0. The van der Waals surface area contributed by atoms with E-state index < -0.39 is 0 Å². The minimum absolute atomic E-state index is 0.438. The number of nitrogens with one attached hydrogen (secondary N) is 1. The standard InChI is InChI=1S/C5H5NO2/c7-3-5-4-8-2-1-6-5/h1-4,6H. The van der Waals surface area contributed by atoms with Gasteiger partial charge in [-0.05, 0) is 0 Å². The Morgan fingerprint density at radius 1 is 1.75 bits per heavy atom. The second-order valence-corrected chi connectivity index (χ2v) is 1.27. The lowest BCUT2D eigenvalue weighted by atomic mass is 10.5. The van der Waals surface area contributed by atoms with Crippen molar-refractivity contribution in [1.29, 1.82) is 0 Å². The van der Waals surface area contributed by atoms with E-state index in [1.54, 1.807) is 6.20 Å². The zero-order valence-electron chi connectivity index (χ0n) is 4.13.